The Balaban J connectivity index is 2.45. The maximum atomic E-state index is 6.21. The van der Waals surface area contributed by atoms with Gasteiger partial charge >= 0.3 is 0 Å². The smallest absolute Gasteiger partial charge is 0.223 e. The highest BCUT2D eigenvalue weighted by atomic mass is 15.4. The molecule has 24 heavy (non-hydrogen) atoms. The first-order chi connectivity index (χ1) is 11.5. The highest BCUT2D eigenvalue weighted by molar-refractivity contribution is 5.97. The van der Waals surface area contributed by atoms with Crippen LogP contribution in [0.15, 0.2) is 9.98 Å². The molecule has 3 N–H and O–H groups in total. The normalized spacial score (nSPS) is 18.6. The van der Waals surface area contributed by atoms with E-state index >= 15 is 0 Å². The van der Waals surface area contributed by atoms with Gasteiger partial charge in [-0.15, -0.1) is 0 Å². The zero-order valence-corrected chi connectivity index (χ0v) is 16.4. The van der Waals surface area contributed by atoms with Crippen LogP contribution in [-0.2, 0) is 0 Å². The summed E-state index contributed by atoms with van der Waals surface area (Å²) in [5.74, 6) is 1.29. The Morgan fingerprint density at radius 1 is 0.958 bits per heavy atom. The molecule has 5 nitrogen and oxygen atoms in total. The van der Waals surface area contributed by atoms with Gasteiger partial charge in [0.05, 0.1) is 0 Å². The summed E-state index contributed by atoms with van der Waals surface area (Å²) in [6, 6.07) is 0. The van der Waals surface area contributed by atoms with Gasteiger partial charge in [-0.05, 0) is 26.7 Å². The Hall–Kier alpha value is -1.26. The summed E-state index contributed by atoms with van der Waals surface area (Å²) >= 11 is 0. The lowest BCUT2D eigenvalue weighted by Crippen LogP contribution is -2.64. The zero-order chi connectivity index (χ0) is 17.8. The van der Waals surface area contributed by atoms with E-state index in [-0.39, 0.29) is 5.66 Å². The molecule has 0 radical (unpaired) electrons. The number of nitrogens with zero attached hydrogens (tertiary/aromatic N) is 3. The number of hydrogen-bond acceptors (Lipinski definition) is 3. The molecular weight excluding hydrogens is 298 g/mol. The number of nitrogens with two attached hydrogens (primary N) is 1. The van der Waals surface area contributed by atoms with Crippen LogP contribution in [0.4, 0.5) is 0 Å². The monoisotopic (exact) mass is 337 g/mol. The van der Waals surface area contributed by atoms with E-state index in [1.807, 2.05) is 0 Å². The van der Waals surface area contributed by atoms with Crippen LogP contribution in [0, 0.1) is 0 Å². The second-order valence-corrected chi connectivity index (χ2v) is 7.34. The summed E-state index contributed by atoms with van der Waals surface area (Å²) in [6.07, 6.45) is 12.6. The molecule has 1 rings (SSSR count). The summed E-state index contributed by atoms with van der Waals surface area (Å²) in [7, 11) is 0. The second-order valence-electron chi connectivity index (χ2n) is 7.34. The molecule has 0 atom stereocenters. The first-order valence-corrected chi connectivity index (χ1v) is 9.95. The van der Waals surface area contributed by atoms with Crippen molar-refractivity contribution in [3.8, 4) is 0 Å². The molecular formula is C19H39N5. The lowest BCUT2D eigenvalue weighted by Gasteiger charge is -2.43. The molecule has 0 fully saturated rings. The second kappa shape index (κ2) is 11.3. The van der Waals surface area contributed by atoms with Crippen molar-refractivity contribution < 1.29 is 0 Å². The Bertz CT molecular complexity index is 401. The van der Waals surface area contributed by atoms with Gasteiger partial charge < -0.3 is 16.0 Å². The van der Waals surface area contributed by atoms with Gasteiger partial charge in [0.1, 0.15) is 5.66 Å². The highest BCUT2D eigenvalue weighted by Crippen LogP contribution is 2.17. The maximum absolute atomic E-state index is 6.21. The van der Waals surface area contributed by atoms with Crippen LogP contribution in [0.3, 0.4) is 0 Å². The van der Waals surface area contributed by atoms with Crippen molar-refractivity contribution in [1.29, 1.82) is 0 Å². The van der Waals surface area contributed by atoms with E-state index in [1.54, 1.807) is 0 Å². The van der Waals surface area contributed by atoms with Crippen molar-refractivity contribution in [2.75, 3.05) is 13.1 Å². The average molecular weight is 338 g/mol. The quantitative estimate of drug-likeness (QED) is 0.523. The molecule has 0 unspecified atom stereocenters. The third kappa shape index (κ3) is 7.54. The van der Waals surface area contributed by atoms with Gasteiger partial charge in [0, 0.05) is 13.1 Å². The maximum Gasteiger partial charge on any atom is 0.223 e. The molecule has 0 aliphatic carbocycles. The van der Waals surface area contributed by atoms with Crippen LogP contribution in [0.25, 0.3) is 0 Å². The van der Waals surface area contributed by atoms with E-state index in [0.717, 1.165) is 25.9 Å². The summed E-state index contributed by atoms with van der Waals surface area (Å²) in [6.45, 7) is 10.6. The van der Waals surface area contributed by atoms with E-state index in [1.165, 1.54) is 51.4 Å². The third-order valence-electron chi connectivity index (χ3n) is 4.60. The molecule has 0 saturated heterocycles. The molecule has 1 aliphatic rings. The Labute approximate surface area is 149 Å². The molecule has 0 saturated carbocycles. The van der Waals surface area contributed by atoms with Crippen molar-refractivity contribution in [2.24, 2.45) is 15.7 Å². The van der Waals surface area contributed by atoms with E-state index < -0.39 is 0 Å². The predicted octanol–water partition coefficient (Wildman–Crippen LogP) is 4.24. The van der Waals surface area contributed by atoms with Crippen LogP contribution >= 0.6 is 0 Å². The molecule has 0 amide bonds. The fourth-order valence-electron chi connectivity index (χ4n) is 3.07. The van der Waals surface area contributed by atoms with Crippen LogP contribution in [0.5, 0.6) is 0 Å². The molecule has 0 aromatic rings. The first-order valence-electron chi connectivity index (χ1n) is 9.95. The summed E-state index contributed by atoms with van der Waals surface area (Å²) < 4.78 is 0. The first kappa shape index (κ1) is 20.8. The van der Waals surface area contributed by atoms with Gasteiger partial charge in [0.15, 0.2) is 0 Å². The molecule has 1 heterocycles. The van der Waals surface area contributed by atoms with E-state index in [2.05, 4.69) is 47.9 Å². The number of guanidine groups is 2. The van der Waals surface area contributed by atoms with Crippen LogP contribution in [0.1, 0.15) is 91.9 Å². The number of nitrogens with one attached hydrogen (secondary N) is 1. The van der Waals surface area contributed by atoms with E-state index in [4.69, 9.17) is 5.73 Å². The number of aliphatic imine (C=N–C) groups is 2. The van der Waals surface area contributed by atoms with Gasteiger partial charge in [0.25, 0.3) is 0 Å². The number of rotatable bonds is 12. The highest BCUT2D eigenvalue weighted by Gasteiger charge is 2.32. The van der Waals surface area contributed by atoms with Gasteiger partial charge in [0.2, 0.25) is 11.9 Å². The van der Waals surface area contributed by atoms with Crippen LogP contribution in [-0.4, -0.2) is 35.6 Å². The average Bonchev–Trinajstić information content (AvgIpc) is 2.52. The zero-order valence-electron chi connectivity index (χ0n) is 16.4. The summed E-state index contributed by atoms with van der Waals surface area (Å²) in [5.41, 5.74) is 5.99. The van der Waals surface area contributed by atoms with E-state index in [0.29, 0.717) is 11.9 Å². The van der Waals surface area contributed by atoms with Crippen LogP contribution < -0.4 is 11.1 Å². The third-order valence-corrected chi connectivity index (χ3v) is 4.60. The van der Waals surface area contributed by atoms with Gasteiger partial charge in [-0.2, -0.15) is 4.99 Å². The van der Waals surface area contributed by atoms with Crippen LogP contribution in [0.2, 0.25) is 0 Å². The number of hydrogen-bond donors (Lipinski definition) is 2. The standard InChI is InChI=1S/C19H39N5/c1-5-7-9-11-12-14-16-24-17(20)22-18(23-19(24,3)4)21-15-13-10-8-6-2/h5-16H2,1-4H3,(H3,20,21,22,23). The van der Waals surface area contributed by atoms with E-state index in [9.17, 15) is 0 Å². The fraction of sp³-hybridized carbons (Fsp3) is 0.895. The Kier molecular flexibility index (Phi) is 9.80. The molecule has 5 heteroatoms. The molecule has 140 valence electrons. The fourth-order valence-corrected chi connectivity index (χ4v) is 3.07. The summed E-state index contributed by atoms with van der Waals surface area (Å²) in [4.78, 5) is 11.2. The summed E-state index contributed by atoms with van der Waals surface area (Å²) in [5, 5.41) is 3.43. The molecule has 0 spiro atoms. The molecule has 0 aromatic heterocycles. The van der Waals surface area contributed by atoms with Gasteiger partial charge in [-0.25, -0.2) is 0 Å². The van der Waals surface area contributed by atoms with Crippen molar-refractivity contribution >= 4 is 11.9 Å². The lowest BCUT2D eigenvalue weighted by molar-refractivity contribution is 0.182. The SMILES string of the molecule is CCCCCCCCN1C(N)=NC(=NCCCCCC)NC1(C)C. The van der Waals surface area contributed by atoms with Crippen molar-refractivity contribution in [1.82, 2.24) is 10.2 Å². The lowest BCUT2D eigenvalue weighted by atomic mass is 10.1. The van der Waals surface area contributed by atoms with Crippen molar-refractivity contribution in [3.05, 3.63) is 0 Å². The topological polar surface area (TPSA) is 66.0 Å². The van der Waals surface area contributed by atoms with Crippen molar-refractivity contribution in [2.45, 2.75) is 97.6 Å². The number of unbranched alkanes of at least 4 members (excludes halogenated alkanes) is 8. The van der Waals surface area contributed by atoms with Gasteiger partial charge in [-0.1, -0.05) is 65.2 Å². The minimum atomic E-state index is -0.225. The Morgan fingerprint density at radius 3 is 2.17 bits per heavy atom. The Morgan fingerprint density at radius 2 is 1.54 bits per heavy atom. The van der Waals surface area contributed by atoms with Gasteiger partial charge in [-0.3, -0.25) is 4.99 Å². The molecule has 1 aliphatic heterocycles. The molecule has 0 bridgehead atoms. The predicted molar refractivity (Wildman–Crippen MR) is 105 cm³/mol. The van der Waals surface area contributed by atoms with Crippen molar-refractivity contribution in [3.63, 3.8) is 0 Å². The largest absolute Gasteiger partial charge is 0.369 e. The molecule has 0 aromatic carbocycles. The minimum Gasteiger partial charge on any atom is -0.369 e. The minimum absolute atomic E-state index is 0.225.